The van der Waals surface area contributed by atoms with Crippen LogP contribution in [0, 0.1) is 0 Å². The van der Waals surface area contributed by atoms with Gasteiger partial charge in [0.25, 0.3) is 0 Å². The minimum absolute atomic E-state index is 0. The third kappa shape index (κ3) is 2.11. The predicted octanol–water partition coefficient (Wildman–Crippen LogP) is -3.72. The molecule has 0 radical (unpaired) electrons. The Kier molecular flexibility index (Phi) is 4.31. The van der Waals surface area contributed by atoms with Gasteiger partial charge in [0, 0.05) is 12.6 Å². The first-order valence-corrected chi connectivity index (χ1v) is 3.05. The fraction of sp³-hybridized carbons (Fsp3) is 0.500. The second kappa shape index (κ2) is 4.46. The second-order valence-corrected chi connectivity index (χ2v) is 2.02. The SMILES string of the molecule is C[n+]1cccn1CCN.[Br-]. The topological polar surface area (TPSA) is 34.8 Å². The Bertz CT molecular complexity index is 185. The minimum atomic E-state index is 0. The Hall–Kier alpha value is -0.350. The molecule has 0 atom stereocenters. The smallest absolute Gasteiger partial charge is 0.195 e. The highest BCUT2D eigenvalue weighted by molar-refractivity contribution is 4.71. The van der Waals surface area contributed by atoms with E-state index in [4.69, 9.17) is 5.73 Å². The first-order chi connectivity index (χ1) is 4.34. The maximum Gasteiger partial charge on any atom is 0.195 e. The summed E-state index contributed by atoms with van der Waals surface area (Å²) in [7, 11) is 2.00. The van der Waals surface area contributed by atoms with Gasteiger partial charge in [0.15, 0.2) is 13.2 Å². The van der Waals surface area contributed by atoms with Gasteiger partial charge in [0.2, 0.25) is 0 Å². The van der Waals surface area contributed by atoms with E-state index in [9.17, 15) is 0 Å². The van der Waals surface area contributed by atoms with E-state index in [-0.39, 0.29) is 17.0 Å². The molecule has 0 aliphatic carbocycles. The van der Waals surface area contributed by atoms with Gasteiger partial charge in [0.05, 0.1) is 12.7 Å². The number of nitrogens with two attached hydrogens (primary N) is 1. The fourth-order valence-electron chi connectivity index (χ4n) is 0.818. The zero-order valence-corrected chi connectivity index (χ0v) is 7.58. The Morgan fingerprint density at radius 3 is 2.70 bits per heavy atom. The van der Waals surface area contributed by atoms with Crippen molar-refractivity contribution in [2.75, 3.05) is 6.54 Å². The van der Waals surface area contributed by atoms with Gasteiger partial charge < -0.3 is 22.7 Å². The first kappa shape index (κ1) is 9.65. The maximum atomic E-state index is 5.35. The Labute approximate surface area is 71.2 Å². The minimum Gasteiger partial charge on any atom is -1.00 e. The van der Waals surface area contributed by atoms with Crippen molar-refractivity contribution >= 4 is 0 Å². The molecular weight excluding hydrogens is 194 g/mol. The third-order valence-electron chi connectivity index (χ3n) is 1.32. The van der Waals surface area contributed by atoms with E-state index in [1.54, 1.807) is 0 Å². The van der Waals surface area contributed by atoms with Gasteiger partial charge in [-0.15, -0.1) is 4.68 Å². The molecule has 4 heteroatoms. The summed E-state index contributed by atoms with van der Waals surface area (Å²) < 4.78 is 4.06. The van der Waals surface area contributed by atoms with E-state index in [2.05, 4.69) is 4.68 Å². The molecule has 0 aliphatic heterocycles. The number of rotatable bonds is 2. The molecule has 1 aromatic heterocycles. The summed E-state index contributed by atoms with van der Waals surface area (Å²) in [5.41, 5.74) is 5.35. The zero-order valence-electron chi connectivity index (χ0n) is 6.00. The van der Waals surface area contributed by atoms with Crippen LogP contribution in [0.5, 0.6) is 0 Å². The number of hydrogen-bond acceptors (Lipinski definition) is 1. The number of aryl methyl sites for hydroxylation is 1. The molecule has 0 saturated carbocycles. The van der Waals surface area contributed by atoms with Gasteiger partial charge in [-0.2, -0.15) is 4.68 Å². The van der Waals surface area contributed by atoms with Crippen LogP contribution in [0.15, 0.2) is 18.5 Å². The van der Waals surface area contributed by atoms with Crippen molar-refractivity contribution in [2.24, 2.45) is 12.8 Å². The quantitative estimate of drug-likeness (QED) is 0.496. The molecule has 58 valence electrons. The molecule has 1 aromatic rings. The molecule has 0 aliphatic rings. The first-order valence-electron chi connectivity index (χ1n) is 3.05. The molecule has 0 spiro atoms. The lowest BCUT2D eigenvalue weighted by Crippen LogP contribution is -3.00. The predicted molar refractivity (Wildman–Crippen MR) is 34.7 cm³/mol. The average Bonchev–Trinajstić information content (AvgIpc) is 2.18. The van der Waals surface area contributed by atoms with Crippen molar-refractivity contribution in [3.63, 3.8) is 0 Å². The van der Waals surface area contributed by atoms with Crippen molar-refractivity contribution in [3.8, 4) is 0 Å². The highest BCUT2D eigenvalue weighted by Crippen LogP contribution is 1.77. The van der Waals surface area contributed by atoms with Gasteiger partial charge in [0.1, 0.15) is 0 Å². The van der Waals surface area contributed by atoms with Gasteiger partial charge in [-0.3, -0.25) is 0 Å². The Balaban J connectivity index is 0.000000810. The van der Waals surface area contributed by atoms with E-state index in [1.165, 1.54) is 0 Å². The Morgan fingerprint density at radius 2 is 2.30 bits per heavy atom. The molecule has 0 unspecified atom stereocenters. The summed E-state index contributed by atoms with van der Waals surface area (Å²) in [4.78, 5) is 0. The van der Waals surface area contributed by atoms with Crippen LogP contribution in [0.1, 0.15) is 0 Å². The van der Waals surface area contributed by atoms with E-state index < -0.39 is 0 Å². The Morgan fingerprint density at radius 1 is 1.60 bits per heavy atom. The lowest BCUT2D eigenvalue weighted by Gasteiger charge is -1.93. The molecular formula is C6H12BrN3. The van der Waals surface area contributed by atoms with Crippen LogP contribution >= 0.6 is 0 Å². The summed E-state index contributed by atoms with van der Waals surface area (Å²) in [5, 5.41) is 0. The average molecular weight is 206 g/mol. The molecule has 1 heterocycles. The van der Waals surface area contributed by atoms with Crippen molar-refractivity contribution < 1.29 is 21.7 Å². The number of aromatic nitrogens is 2. The fourth-order valence-corrected chi connectivity index (χ4v) is 0.818. The largest absolute Gasteiger partial charge is 1.00 e. The van der Waals surface area contributed by atoms with Crippen LogP contribution in [0.25, 0.3) is 0 Å². The summed E-state index contributed by atoms with van der Waals surface area (Å²) in [6.07, 6.45) is 4.00. The van der Waals surface area contributed by atoms with Crippen LogP contribution in [-0.4, -0.2) is 11.2 Å². The van der Waals surface area contributed by atoms with Crippen LogP contribution in [0.2, 0.25) is 0 Å². The van der Waals surface area contributed by atoms with Crippen molar-refractivity contribution in [1.82, 2.24) is 4.68 Å². The zero-order chi connectivity index (χ0) is 6.69. The van der Waals surface area contributed by atoms with Gasteiger partial charge in [-0.1, -0.05) is 0 Å². The number of nitrogens with zero attached hydrogens (tertiary/aromatic N) is 2. The molecule has 0 fully saturated rings. The van der Waals surface area contributed by atoms with Gasteiger partial charge >= 0.3 is 0 Å². The summed E-state index contributed by atoms with van der Waals surface area (Å²) in [6, 6.07) is 2.00. The van der Waals surface area contributed by atoms with E-state index in [0.717, 1.165) is 6.54 Å². The molecule has 3 nitrogen and oxygen atoms in total. The van der Waals surface area contributed by atoms with Crippen molar-refractivity contribution in [1.29, 1.82) is 0 Å². The molecule has 10 heavy (non-hydrogen) atoms. The normalized spacial score (nSPS) is 9.00. The molecule has 0 amide bonds. The van der Waals surface area contributed by atoms with Crippen LogP contribution < -0.4 is 27.4 Å². The molecule has 2 N–H and O–H groups in total. The van der Waals surface area contributed by atoms with E-state index in [1.807, 2.05) is 30.2 Å². The summed E-state index contributed by atoms with van der Waals surface area (Å²) in [5.74, 6) is 0. The van der Waals surface area contributed by atoms with E-state index in [0.29, 0.717) is 6.54 Å². The molecule has 1 rings (SSSR count). The highest BCUT2D eigenvalue weighted by Gasteiger charge is 1.97. The lowest BCUT2D eigenvalue weighted by molar-refractivity contribution is -0.753. The van der Waals surface area contributed by atoms with Gasteiger partial charge in [-0.25, -0.2) is 0 Å². The number of halogens is 1. The van der Waals surface area contributed by atoms with Crippen molar-refractivity contribution in [2.45, 2.75) is 6.54 Å². The summed E-state index contributed by atoms with van der Waals surface area (Å²) in [6.45, 7) is 1.59. The maximum absolute atomic E-state index is 5.35. The molecule has 0 aromatic carbocycles. The number of hydrogen-bond donors (Lipinski definition) is 1. The van der Waals surface area contributed by atoms with E-state index >= 15 is 0 Å². The molecule has 0 bridgehead atoms. The standard InChI is InChI=1S/C6H12N3.BrH/c1-8-4-2-5-9(8)6-3-7;/h2,4-5H,3,6-7H2,1H3;1H/q+1;/p-1. The monoisotopic (exact) mass is 205 g/mol. The van der Waals surface area contributed by atoms with Crippen LogP contribution in [0.4, 0.5) is 0 Å². The van der Waals surface area contributed by atoms with Crippen molar-refractivity contribution in [3.05, 3.63) is 18.5 Å². The van der Waals surface area contributed by atoms with Crippen LogP contribution in [0.3, 0.4) is 0 Å². The van der Waals surface area contributed by atoms with Crippen LogP contribution in [-0.2, 0) is 13.6 Å². The molecule has 0 saturated heterocycles. The lowest BCUT2D eigenvalue weighted by atomic mass is 10.6. The third-order valence-corrected chi connectivity index (χ3v) is 1.32. The van der Waals surface area contributed by atoms with Gasteiger partial charge in [-0.05, 0) is 0 Å². The summed E-state index contributed by atoms with van der Waals surface area (Å²) >= 11 is 0. The second-order valence-electron chi connectivity index (χ2n) is 2.02. The highest BCUT2D eigenvalue weighted by atomic mass is 79.9.